The maximum Gasteiger partial charge on any atom is 0.270 e. The summed E-state index contributed by atoms with van der Waals surface area (Å²) in [4.78, 5) is 42.7. The summed E-state index contributed by atoms with van der Waals surface area (Å²) in [6.07, 6.45) is 0.787. The lowest BCUT2D eigenvalue weighted by molar-refractivity contribution is 0.699. The second kappa shape index (κ2) is 4.69. The van der Waals surface area contributed by atoms with Gasteiger partial charge in [-0.25, -0.2) is 4.98 Å². The van der Waals surface area contributed by atoms with Gasteiger partial charge in [0.15, 0.2) is 0 Å². The lowest BCUT2D eigenvalue weighted by Gasteiger charge is -2.08. The number of nitrogens with one attached hydrogen (secondary N) is 3. The fourth-order valence-electron chi connectivity index (χ4n) is 2.30. The van der Waals surface area contributed by atoms with Gasteiger partial charge in [0, 0.05) is 5.92 Å². The molecule has 0 spiro atoms. The zero-order valence-corrected chi connectivity index (χ0v) is 11.6. The highest BCUT2D eigenvalue weighted by molar-refractivity contribution is 5.93. The van der Waals surface area contributed by atoms with Crippen LogP contribution in [0.5, 0.6) is 0 Å². The number of hydrogen-bond donors (Lipinski definition) is 3. The molecule has 1 atom stereocenters. The molecule has 1 unspecified atom stereocenters. The van der Waals surface area contributed by atoms with Gasteiger partial charge >= 0.3 is 0 Å². The maximum absolute atomic E-state index is 12.0. The Labute approximate surface area is 118 Å². The third-order valence-corrected chi connectivity index (χ3v) is 3.72. The number of H-pyrrole nitrogens is 3. The molecule has 0 saturated heterocycles. The van der Waals surface area contributed by atoms with Crippen molar-refractivity contribution < 1.29 is 0 Å². The first-order chi connectivity index (χ1) is 10.0. The summed E-state index contributed by atoms with van der Waals surface area (Å²) in [6.45, 7) is 3.89. The molecule has 7 heteroatoms. The van der Waals surface area contributed by atoms with Crippen molar-refractivity contribution >= 4 is 21.8 Å². The van der Waals surface area contributed by atoms with Gasteiger partial charge in [0.2, 0.25) is 0 Å². The molecule has 21 heavy (non-hydrogen) atoms. The minimum absolute atomic E-state index is 0.0197. The molecule has 0 amide bonds. The van der Waals surface area contributed by atoms with Crippen LogP contribution in [0.15, 0.2) is 26.5 Å². The number of fused-ring (bicyclic) bond motifs is 2. The van der Waals surface area contributed by atoms with E-state index in [2.05, 4.69) is 20.2 Å². The molecule has 0 aliphatic heterocycles. The Kier molecular flexibility index (Phi) is 2.97. The van der Waals surface area contributed by atoms with Crippen LogP contribution in [-0.2, 0) is 0 Å². The van der Waals surface area contributed by atoms with E-state index in [1.54, 1.807) is 0 Å². The molecule has 0 aliphatic carbocycles. The van der Waals surface area contributed by atoms with E-state index in [9.17, 15) is 14.4 Å². The first kappa shape index (κ1) is 13.3. The smallest absolute Gasteiger partial charge is 0.270 e. The Hall–Kier alpha value is -2.70. The quantitative estimate of drug-likeness (QED) is 0.609. The predicted octanol–water partition coefficient (Wildman–Crippen LogP) is 0.966. The third kappa shape index (κ3) is 2.06. The van der Waals surface area contributed by atoms with Crippen LogP contribution >= 0.6 is 0 Å². The highest BCUT2D eigenvalue weighted by Crippen LogP contribution is 2.17. The van der Waals surface area contributed by atoms with Gasteiger partial charge in [0.05, 0.1) is 21.8 Å². The zero-order chi connectivity index (χ0) is 15.1. The first-order valence-electron chi connectivity index (χ1n) is 6.70. The van der Waals surface area contributed by atoms with Crippen molar-refractivity contribution in [1.29, 1.82) is 0 Å². The molecule has 3 N–H and O–H groups in total. The van der Waals surface area contributed by atoms with Gasteiger partial charge in [-0.05, 0) is 18.6 Å². The van der Waals surface area contributed by atoms with Crippen molar-refractivity contribution in [2.24, 2.45) is 0 Å². The summed E-state index contributed by atoms with van der Waals surface area (Å²) < 4.78 is 0. The second-order valence-corrected chi connectivity index (χ2v) is 5.08. The number of hydrogen-bond acceptors (Lipinski definition) is 4. The van der Waals surface area contributed by atoms with E-state index in [-0.39, 0.29) is 22.2 Å². The molecule has 3 rings (SSSR count). The molecule has 0 radical (unpaired) electrons. The normalized spacial score (nSPS) is 12.9. The minimum atomic E-state index is -0.418. The average Bonchev–Trinajstić information content (AvgIpc) is 2.48. The van der Waals surface area contributed by atoms with Crippen LogP contribution in [0.3, 0.4) is 0 Å². The predicted molar refractivity (Wildman–Crippen MR) is 79.8 cm³/mol. The number of aromatic nitrogens is 4. The van der Waals surface area contributed by atoms with E-state index in [1.165, 1.54) is 12.1 Å². The molecule has 1 aromatic carbocycles. The van der Waals surface area contributed by atoms with E-state index in [0.717, 1.165) is 6.42 Å². The van der Waals surface area contributed by atoms with Crippen molar-refractivity contribution in [3.05, 3.63) is 48.9 Å². The number of nitrogens with zero attached hydrogens (tertiary/aromatic N) is 1. The molecule has 2 heterocycles. The fraction of sp³-hybridized carbons (Fsp3) is 0.286. The van der Waals surface area contributed by atoms with Crippen LogP contribution in [0.1, 0.15) is 31.9 Å². The van der Waals surface area contributed by atoms with Gasteiger partial charge < -0.3 is 4.98 Å². The molecule has 3 aromatic rings. The Bertz CT molecular complexity index is 1010. The Morgan fingerprint density at radius 1 is 1.05 bits per heavy atom. The topological polar surface area (TPSA) is 111 Å². The molecule has 0 bridgehead atoms. The molecular formula is C14H14N4O3. The molecule has 7 nitrogen and oxygen atoms in total. The van der Waals surface area contributed by atoms with Gasteiger partial charge in [-0.1, -0.05) is 13.8 Å². The zero-order valence-electron chi connectivity index (χ0n) is 11.6. The van der Waals surface area contributed by atoms with Gasteiger partial charge in [0.1, 0.15) is 5.69 Å². The highest BCUT2D eigenvalue weighted by Gasteiger charge is 2.13. The Morgan fingerprint density at radius 3 is 2.29 bits per heavy atom. The van der Waals surface area contributed by atoms with Crippen molar-refractivity contribution in [3.8, 4) is 0 Å². The molecule has 0 fully saturated rings. The van der Waals surface area contributed by atoms with E-state index in [0.29, 0.717) is 16.7 Å². The first-order valence-corrected chi connectivity index (χ1v) is 6.70. The van der Waals surface area contributed by atoms with Crippen LogP contribution in [0, 0.1) is 0 Å². The van der Waals surface area contributed by atoms with Gasteiger partial charge in [-0.2, -0.15) is 0 Å². The van der Waals surface area contributed by atoms with Crippen molar-refractivity contribution in [2.45, 2.75) is 26.2 Å². The molecule has 108 valence electrons. The fourth-order valence-corrected chi connectivity index (χ4v) is 2.30. The summed E-state index contributed by atoms with van der Waals surface area (Å²) in [5.74, 6) is 0.0197. The Balaban J connectivity index is 2.45. The molecule has 2 aromatic heterocycles. The Morgan fingerprint density at radius 2 is 1.67 bits per heavy atom. The summed E-state index contributed by atoms with van der Waals surface area (Å²) in [5, 5.41) is 5.00. The van der Waals surface area contributed by atoms with E-state index in [1.807, 2.05) is 13.8 Å². The highest BCUT2D eigenvalue weighted by atomic mass is 16.1. The summed E-state index contributed by atoms with van der Waals surface area (Å²) in [7, 11) is 0. The number of aromatic amines is 3. The van der Waals surface area contributed by atoms with Gasteiger partial charge in [0.25, 0.3) is 16.7 Å². The van der Waals surface area contributed by atoms with Crippen LogP contribution in [0.2, 0.25) is 0 Å². The van der Waals surface area contributed by atoms with Crippen molar-refractivity contribution in [3.63, 3.8) is 0 Å². The summed E-state index contributed by atoms with van der Waals surface area (Å²) in [5.41, 5.74) is 0.287. The third-order valence-electron chi connectivity index (χ3n) is 3.72. The number of rotatable bonds is 2. The van der Waals surface area contributed by atoms with Crippen LogP contribution in [0.25, 0.3) is 21.8 Å². The SMILES string of the molecule is CCC(C)c1nc2cc3c(=O)[nH][nH]c(=O)c3cc2[nH]c1=O. The van der Waals surface area contributed by atoms with Crippen molar-refractivity contribution in [1.82, 2.24) is 20.2 Å². The molecule has 0 aliphatic rings. The van der Waals surface area contributed by atoms with E-state index in [4.69, 9.17) is 0 Å². The van der Waals surface area contributed by atoms with Crippen LogP contribution in [0.4, 0.5) is 0 Å². The lowest BCUT2D eigenvalue weighted by atomic mass is 10.1. The lowest BCUT2D eigenvalue weighted by Crippen LogP contribution is -2.20. The average molecular weight is 286 g/mol. The summed E-state index contributed by atoms with van der Waals surface area (Å²) >= 11 is 0. The van der Waals surface area contributed by atoms with E-state index >= 15 is 0 Å². The standard InChI is InChI=1S/C14H14N4O3/c1-3-6(2)11-14(21)16-10-5-8-7(4-9(10)15-11)12(19)17-18-13(8)20/h4-6H,3H2,1-2H3,(H,16,21)(H,17,19)(H,18,20). The summed E-state index contributed by atoms with van der Waals surface area (Å²) in [6, 6.07) is 3.01. The number of benzene rings is 1. The van der Waals surface area contributed by atoms with E-state index < -0.39 is 11.1 Å². The van der Waals surface area contributed by atoms with Gasteiger partial charge in [-0.3, -0.25) is 24.6 Å². The largest absolute Gasteiger partial charge is 0.319 e. The van der Waals surface area contributed by atoms with Crippen LogP contribution < -0.4 is 16.7 Å². The van der Waals surface area contributed by atoms with Crippen LogP contribution in [-0.4, -0.2) is 20.2 Å². The van der Waals surface area contributed by atoms with Gasteiger partial charge in [-0.15, -0.1) is 0 Å². The maximum atomic E-state index is 12.0. The molecule has 0 saturated carbocycles. The monoisotopic (exact) mass is 286 g/mol. The van der Waals surface area contributed by atoms with Crippen molar-refractivity contribution in [2.75, 3.05) is 0 Å². The molecular weight excluding hydrogens is 272 g/mol. The second-order valence-electron chi connectivity index (χ2n) is 5.08. The minimum Gasteiger partial charge on any atom is -0.319 e.